The van der Waals surface area contributed by atoms with Crippen LogP contribution in [0.15, 0.2) is 0 Å². The zero-order valence-corrected chi connectivity index (χ0v) is 4.61. The Hall–Kier alpha value is 0.248. The Labute approximate surface area is 29.5 Å². The van der Waals surface area contributed by atoms with Crippen molar-refractivity contribution in [3.05, 3.63) is 0 Å². The Bertz CT molecular complexity index is 90.1. The maximum absolute atomic E-state index is 8.98. The topological polar surface area (TPSA) is 54.4 Å². The van der Waals surface area contributed by atoms with Crippen LogP contribution in [0.5, 0.6) is 0 Å². The van der Waals surface area contributed by atoms with Gasteiger partial charge >= 0.3 is 28.8 Å². The van der Waals surface area contributed by atoms with Crippen LogP contribution < -0.4 is 0 Å². The van der Waals surface area contributed by atoms with Gasteiger partial charge in [-0.15, -0.1) is 0 Å². The van der Waals surface area contributed by atoms with Gasteiger partial charge in [-0.2, -0.15) is 0 Å². The van der Waals surface area contributed by atoms with E-state index in [2.05, 4.69) is 0 Å². The molecule has 0 spiro atoms. The van der Waals surface area contributed by atoms with Gasteiger partial charge in [0.05, 0.1) is 0 Å². The van der Waals surface area contributed by atoms with Crippen molar-refractivity contribution in [3.63, 3.8) is 0 Å². The van der Waals surface area contributed by atoms with Crippen LogP contribution >= 0.6 is 0 Å². The average molecular weight is 235 g/mol. The predicted molar refractivity (Wildman–Crippen MR) is 4.99 cm³/mol. The third kappa shape index (κ3) is 56.8. The standard InChI is InChI=1S/H2O.2O.W.H/h1H2;;;;/q;;;+1;/p-1/i;;;;1+1. The summed E-state index contributed by atoms with van der Waals surface area (Å²) in [6, 6.07) is 0. The van der Waals surface area contributed by atoms with E-state index in [4.69, 9.17) is 11.3 Å². The first-order valence-corrected chi connectivity index (χ1v) is 4.22. The zero-order valence-electron chi connectivity index (χ0n) is 2.67. The molecule has 4 heteroatoms. The second-order valence-electron chi connectivity index (χ2n) is 0.217. The number of hydrogen-bond donors (Lipinski definition) is 1. The molecule has 0 radical (unpaired) electrons. The van der Waals surface area contributed by atoms with Crippen molar-refractivity contribution >= 4 is 0 Å². The molecule has 0 aliphatic carbocycles. The number of rotatable bonds is 0. The molecular formula is H2O3W. The van der Waals surface area contributed by atoms with Crippen LogP contribution in [0, 0.1) is 0 Å². The molecule has 0 aromatic heterocycles. The molecule has 3 nitrogen and oxygen atoms in total. The molecule has 0 aliphatic rings. The maximum atomic E-state index is 8.98. The molecule has 4 heavy (non-hydrogen) atoms. The van der Waals surface area contributed by atoms with E-state index in [-0.39, 0.29) is 0 Å². The van der Waals surface area contributed by atoms with E-state index in [9.17, 15) is 0 Å². The monoisotopic (exact) mass is 235 g/mol. The summed E-state index contributed by atoms with van der Waals surface area (Å²) in [5.41, 5.74) is 0. The summed E-state index contributed by atoms with van der Waals surface area (Å²) in [4.78, 5) is 0. The fourth-order valence-corrected chi connectivity index (χ4v) is 0. The summed E-state index contributed by atoms with van der Waals surface area (Å²) >= 11 is -5.42. The van der Waals surface area contributed by atoms with Crippen molar-refractivity contribution < 1.29 is 28.0 Å². The van der Waals surface area contributed by atoms with Crippen LogP contribution in [-0.2, 0) is 24.2 Å². The van der Waals surface area contributed by atoms with Gasteiger partial charge in [0.25, 0.3) is 0 Å². The van der Waals surface area contributed by atoms with Crippen molar-refractivity contribution in [1.82, 2.24) is 0 Å². The first kappa shape index (κ1) is 2.48. The molecule has 0 saturated heterocycles. The van der Waals surface area contributed by atoms with Crippen molar-refractivity contribution in [1.29, 1.82) is 0.749 Å². The van der Waals surface area contributed by atoms with Gasteiger partial charge in [0, 0.05) is 0 Å². The normalized spacial score (nSPS) is 14.8. The molecule has 26 valence electrons. The van der Waals surface area contributed by atoms with E-state index >= 15 is 0 Å². The Morgan fingerprint density at radius 3 is 2.00 bits per heavy atom. The molecule has 0 atom stereocenters. The Morgan fingerprint density at radius 2 is 2.00 bits per heavy atom. The third-order valence-corrected chi connectivity index (χ3v) is 0. The molecule has 0 heterocycles. The van der Waals surface area contributed by atoms with Crippen LogP contribution in [0.2, 0.25) is 0 Å². The van der Waals surface area contributed by atoms with Gasteiger partial charge in [-0.25, -0.2) is 0 Å². The van der Waals surface area contributed by atoms with Gasteiger partial charge in [-0.1, -0.05) is 0 Å². The molecule has 0 amide bonds. The van der Waals surface area contributed by atoms with E-state index in [0.29, 0.717) is 0 Å². The first-order valence-electron chi connectivity index (χ1n) is 0.924. The quantitative estimate of drug-likeness (QED) is 0.581. The minimum atomic E-state index is -5.42. The molecule has 0 bridgehead atoms. The summed E-state index contributed by atoms with van der Waals surface area (Å²) in [5.74, 6) is 0. The van der Waals surface area contributed by atoms with Crippen LogP contribution in [0.4, 0.5) is 0 Å². The Balaban J connectivity index is 4.06. The first-order chi connectivity index (χ1) is 2.00. The zero-order chi connectivity index (χ0) is 4.50. The minimum absolute atomic E-state index is 5.42. The number of hydrogen-bond acceptors (Lipinski definition) is 2. The van der Waals surface area contributed by atoms with E-state index < -0.39 is 17.4 Å². The van der Waals surface area contributed by atoms with Gasteiger partial charge in [0.1, 0.15) is 0 Å². The van der Waals surface area contributed by atoms with Gasteiger partial charge in [-0.05, 0) is 0 Å². The summed E-state index contributed by atoms with van der Waals surface area (Å²) in [5, 5.41) is 0. The molecule has 1 N–H and O–H groups in total. The second-order valence-corrected chi connectivity index (χ2v) is 1.78. The van der Waals surface area contributed by atoms with Crippen molar-refractivity contribution in [2.24, 2.45) is 0 Å². The summed E-state index contributed by atoms with van der Waals surface area (Å²) in [6.07, 6.45) is 0. The van der Waals surface area contributed by atoms with E-state index in [0.717, 1.165) is 0 Å². The summed E-state index contributed by atoms with van der Waals surface area (Å²) in [7, 11) is 0. The van der Waals surface area contributed by atoms with Gasteiger partial charge < -0.3 is 0 Å². The van der Waals surface area contributed by atoms with Crippen molar-refractivity contribution in [2.45, 2.75) is 0 Å². The van der Waals surface area contributed by atoms with Crippen LogP contribution in [-0.4, -0.2) is 4.51 Å². The molecule has 0 unspecified atom stereocenters. The molecule has 0 aliphatic heterocycles. The van der Waals surface area contributed by atoms with E-state index in [1.807, 2.05) is 0 Å². The van der Waals surface area contributed by atoms with Gasteiger partial charge in [-0.3, -0.25) is 0 Å². The SMILES string of the molecule is [2H][W](=[O])(=[O])[OH]. The second kappa shape index (κ2) is 1.56. The Morgan fingerprint density at radius 1 is 2.00 bits per heavy atom. The molecular weight excluding hydrogens is 232 g/mol. The third-order valence-electron chi connectivity index (χ3n) is 0. The van der Waals surface area contributed by atoms with Crippen molar-refractivity contribution in [3.8, 4) is 0 Å². The molecule has 0 rings (SSSR count). The van der Waals surface area contributed by atoms with Crippen LogP contribution in [0.25, 0.3) is 0 Å². The van der Waals surface area contributed by atoms with Crippen LogP contribution in [0.1, 0.15) is 0 Å². The molecule has 0 saturated carbocycles. The Kier molecular flexibility index (Phi) is 0.966. The average Bonchev–Trinajstić information content (AvgIpc) is 0.722. The van der Waals surface area contributed by atoms with Crippen LogP contribution in [0.3, 0.4) is 0 Å². The predicted octanol–water partition coefficient (Wildman–Crippen LogP) is -1.06. The summed E-state index contributed by atoms with van der Waals surface area (Å²) < 4.78 is 30.8. The molecule has 0 fully saturated rings. The fraction of sp³-hybridized carbons (Fsp3) is 0. The van der Waals surface area contributed by atoms with E-state index in [1.165, 1.54) is 0 Å². The van der Waals surface area contributed by atoms with E-state index in [1.54, 1.807) is 0 Å². The molecule has 0 aromatic rings. The molecule has 0 aromatic carbocycles. The summed E-state index contributed by atoms with van der Waals surface area (Å²) in [6.45, 7) is 0. The fourth-order valence-electron chi connectivity index (χ4n) is 0. The van der Waals surface area contributed by atoms with Crippen molar-refractivity contribution in [2.75, 3.05) is 0 Å². The van der Waals surface area contributed by atoms with Gasteiger partial charge in [0.15, 0.2) is 0 Å². The van der Waals surface area contributed by atoms with Gasteiger partial charge in [0.2, 0.25) is 0 Å².